The van der Waals surface area contributed by atoms with Gasteiger partial charge in [0.1, 0.15) is 6.04 Å². The number of benzene rings is 2. The third-order valence-electron chi connectivity index (χ3n) is 4.42. The number of nitrogens with zero attached hydrogens (tertiary/aromatic N) is 1. The van der Waals surface area contributed by atoms with E-state index in [0.717, 1.165) is 16.8 Å². The Morgan fingerprint density at radius 2 is 1.83 bits per heavy atom. The highest BCUT2D eigenvalue weighted by atomic mass is 16.2. The van der Waals surface area contributed by atoms with Crippen molar-refractivity contribution in [3.63, 3.8) is 0 Å². The molecule has 0 saturated carbocycles. The van der Waals surface area contributed by atoms with Crippen LogP contribution in [0.4, 0.5) is 5.69 Å². The number of rotatable bonds is 5. The van der Waals surface area contributed by atoms with E-state index < -0.39 is 6.04 Å². The van der Waals surface area contributed by atoms with Crippen LogP contribution in [0.3, 0.4) is 0 Å². The number of anilines is 1. The van der Waals surface area contributed by atoms with Gasteiger partial charge in [0.2, 0.25) is 5.91 Å². The van der Waals surface area contributed by atoms with Crippen LogP contribution in [-0.2, 0) is 16.0 Å². The molecule has 3 rings (SSSR count). The predicted molar refractivity (Wildman–Crippen MR) is 94.8 cm³/mol. The van der Waals surface area contributed by atoms with Crippen molar-refractivity contribution in [3.8, 4) is 0 Å². The monoisotopic (exact) mass is 322 g/mol. The van der Waals surface area contributed by atoms with Crippen LogP contribution in [0.25, 0.3) is 0 Å². The number of aryl methyl sites for hydroxylation is 2. The van der Waals surface area contributed by atoms with E-state index >= 15 is 0 Å². The Bertz CT molecular complexity index is 755. The lowest BCUT2D eigenvalue weighted by molar-refractivity contribution is -0.138. The van der Waals surface area contributed by atoms with E-state index in [1.54, 1.807) is 0 Å². The Labute approximate surface area is 142 Å². The standard InChI is InChI=1S/C20H22N2O2/c1-14-8-9-17(15(2)12-14)21-18-13-19(23)22(20(18)24)11-10-16-6-4-3-5-7-16/h3-9,12,18,21H,10-11,13H2,1-2H3/t18-/m1/s1. The van der Waals surface area contributed by atoms with Gasteiger partial charge in [-0.25, -0.2) is 0 Å². The van der Waals surface area contributed by atoms with E-state index in [-0.39, 0.29) is 18.2 Å². The van der Waals surface area contributed by atoms with Crippen LogP contribution < -0.4 is 5.32 Å². The molecule has 1 aliphatic rings. The molecular weight excluding hydrogens is 300 g/mol. The maximum Gasteiger partial charge on any atom is 0.252 e. The smallest absolute Gasteiger partial charge is 0.252 e. The summed E-state index contributed by atoms with van der Waals surface area (Å²) in [6.45, 7) is 4.48. The van der Waals surface area contributed by atoms with Crippen LogP contribution >= 0.6 is 0 Å². The molecular formula is C20H22N2O2. The lowest BCUT2D eigenvalue weighted by atomic mass is 10.1. The van der Waals surface area contributed by atoms with Gasteiger partial charge in [-0.15, -0.1) is 0 Å². The molecule has 4 heteroatoms. The predicted octanol–water partition coefficient (Wildman–Crippen LogP) is 3.09. The molecule has 4 nitrogen and oxygen atoms in total. The zero-order valence-electron chi connectivity index (χ0n) is 14.1. The summed E-state index contributed by atoms with van der Waals surface area (Å²) < 4.78 is 0. The second kappa shape index (κ2) is 6.87. The molecule has 2 amide bonds. The Morgan fingerprint density at radius 3 is 2.54 bits per heavy atom. The van der Waals surface area contributed by atoms with Crippen molar-refractivity contribution in [2.24, 2.45) is 0 Å². The minimum absolute atomic E-state index is 0.0989. The number of likely N-dealkylation sites (tertiary alicyclic amines) is 1. The van der Waals surface area contributed by atoms with Crippen LogP contribution in [0.15, 0.2) is 48.5 Å². The minimum atomic E-state index is -0.463. The van der Waals surface area contributed by atoms with Crippen molar-refractivity contribution < 1.29 is 9.59 Å². The van der Waals surface area contributed by atoms with Crippen LogP contribution in [0, 0.1) is 13.8 Å². The van der Waals surface area contributed by atoms with Crippen molar-refractivity contribution in [1.82, 2.24) is 4.90 Å². The number of nitrogens with one attached hydrogen (secondary N) is 1. The summed E-state index contributed by atoms with van der Waals surface area (Å²) in [5, 5.41) is 3.23. The molecule has 0 aliphatic carbocycles. The van der Waals surface area contributed by atoms with Gasteiger partial charge < -0.3 is 5.32 Å². The Hall–Kier alpha value is -2.62. The summed E-state index contributed by atoms with van der Waals surface area (Å²) in [7, 11) is 0. The fourth-order valence-corrected chi connectivity index (χ4v) is 3.08. The largest absolute Gasteiger partial charge is 0.373 e. The van der Waals surface area contributed by atoms with Gasteiger partial charge in [-0.1, -0.05) is 48.0 Å². The van der Waals surface area contributed by atoms with Gasteiger partial charge in [0.15, 0.2) is 0 Å². The van der Waals surface area contributed by atoms with Crippen molar-refractivity contribution >= 4 is 17.5 Å². The molecule has 1 heterocycles. The number of carbonyl (C=O) groups excluding carboxylic acids is 2. The van der Waals surface area contributed by atoms with Gasteiger partial charge in [-0.05, 0) is 37.5 Å². The summed E-state index contributed by atoms with van der Waals surface area (Å²) in [4.78, 5) is 26.2. The first-order valence-corrected chi connectivity index (χ1v) is 8.26. The first-order valence-electron chi connectivity index (χ1n) is 8.26. The molecule has 1 N–H and O–H groups in total. The van der Waals surface area contributed by atoms with E-state index in [1.165, 1.54) is 10.5 Å². The molecule has 0 unspecified atom stereocenters. The molecule has 0 spiro atoms. The normalized spacial score (nSPS) is 17.4. The summed E-state index contributed by atoms with van der Waals surface area (Å²) in [6.07, 6.45) is 0.912. The zero-order valence-corrected chi connectivity index (χ0v) is 14.1. The van der Waals surface area contributed by atoms with E-state index in [9.17, 15) is 9.59 Å². The van der Waals surface area contributed by atoms with Crippen LogP contribution in [0.5, 0.6) is 0 Å². The molecule has 0 aromatic heterocycles. The highest BCUT2D eigenvalue weighted by Crippen LogP contribution is 2.22. The molecule has 2 aromatic rings. The maximum absolute atomic E-state index is 12.6. The molecule has 24 heavy (non-hydrogen) atoms. The van der Waals surface area contributed by atoms with Crippen LogP contribution in [0.2, 0.25) is 0 Å². The summed E-state index contributed by atoms with van der Waals surface area (Å²) in [5.74, 6) is -0.228. The van der Waals surface area contributed by atoms with Crippen LogP contribution in [0.1, 0.15) is 23.1 Å². The second-order valence-electron chi connectivity index (χ2n) is 6.34. The van der Waals surface area contributed by atoms with Crippen molar-refractivity contribution in [2.75, 3.05) is 11.9 Å². The van der Waals surface area contributed by atoms with Gasteiger partial charge >= 0.3 is 0 Å². The average Bonchev–Trinajstić information content (AvgIpc) is 2.83. The summed E-state index contributed by atoms with van der Waals surface area (Å²) in [6, 6.07) is 15.5. The van der Waals surface area contributed by atoms with Crippen LogP contribution in [-0.4, -0.2) is 29.3 Å². The van der Waals surface area contributed by atoms with E-state index in [1.807, 2.05) is 56.3 Å². The molecule has 124 valence electrons. The van der Waals surface area contributed by atoms with Gasteiger partial charge in [0.25, 0.3) is 5.91 Å². The Morgan fingerprint density at radius 1 is 1.08 bits per heavy atom. The van der Waals surface area contributed by atoms with E-state index in [0.29, 0.717) is 13.0 Å². The molecule has 1 fully saturated rings. The van der Waals surface area contributed by atoms with Crippen molar-refractivity contribution in [2.45, 2.75) is 32.7 Å². The lowest BCUT2D eigenvalue weighted by Gasteiger charge is -2.17. The third kappa shape index (κ3) is 3.48. The van der Waals surface area contributed by atoms with Gasteiger partial charge in [-0.2, -0.15) is 0 Å². The van der Waals surface area contributed by atoms with E-state index in [2.05, 4.69) is 11.4 Å². The minimum Gasteiger partial charge on any atom is -0.373 e. The number of hydrogen-bond donors (Lipinski definition) is 1. The van der Waals surface area contributed by atoms with Gasteiger partial charge in [0, 0.05) is 12.2 Å². The number of imide groups is 1. The highest BCUT2D eigenvalue weighted by molar-refractivity contribution is 6.06. The lowest BCUT2D eigenvalue weighted by Crippen LogP contribution is -2.36. The Balaban J connectivity index is 1.65. The molecule has 0 radical (unpaired) electrons. The first kappa shape index (κ1) is 16.2. The zero-order chi connectivity index (χ0) is 17.1. The molecule has 2 aromatic carbocycles. The number of hydrogen-bond acceptors (Lipinski definition) is 3. The van der Waals surface area contributed by atoms with Crippen molar-refractivity contribution in [1.29, 1.82) is 0 Å². The second-order valence-corrected chi connectivity index (χ2v) is 6.34. The average molecular weight is 322 g/mol. The van der Waals surface area contributed by atoms with Crippen molar-refractivity contribution in [3.05, 3.63) is 65.2 Å². The topological polar surface area (TPSA) is 49.4 Å². The molecule has 1 atom stereocenters. The number of amides is 2. The fraction of sp³-hybridized carbons (Fsp3) is 0.300. The van der Waals surface area contributed by atoms with E-state index in [4.69, 9.17) is 0 Å². The molecule has 1 saturated heterocycles. The van der Waals surface area contributed by atoms with Gasteiger partial charge in [0.05, 0.1) is 6.42 Å². The summed E-state index contributed by atoms with van der Waals surface area (Å²) in [5.41, 5.74) is 4.30. The Kier molecular flexibility index (Phi) is 4.65. The number of carbonyl (C=O) groups is 2. The first-order chi connectivity index (χ1) is 11.5. The highest BCUT2D eigenvalue weighted by Gasteiger charge is 2.38. The quantitative estimate of drug-likeness (QED) is 0.861. The SMILES string of the molecule is Cc1ccc(N[C@@H]2CC(=O)N(CCc3ccccc3)C2=O)c(C)c1. The summed E-state index contributed by atoms with van der Waals surface area (Å²) >= 11 is 0. The third-order valence-corrected chi connectivity index (χ3v) is 4.42. The van der Waals surface area contributed by atoms with Gasteiger partial charge in [-0.3, -0.25) is 14.5 Å². The molecule has 1 aliphatic heterocycles. The molecule has 0 bridgehead atoms. The fourth-order valence-electron chi connectivity index (χ4n) is 3.08. The maximum atomic E-state index is 12.6.